The number of guanidine groups is 1. The predicted molar refractivity (Wildman–Crippen MR) is 120 cm³/mol. The van der Waals surface area contributed by atoms with E-state index in [2.05, 4.69) is 0 Å². The summed E-state index contributed by atoms with van der Waals surface area (Å²) in [6.07, 6.45) is 0. The Morgan fingerprint density at radius 2 is 1.42 bits per heavy atom. The number of halogens is 1. The van der Waals surface area contributed by atoms with Gasteiger partial charge in [-0.15, -0.1) is 0 Å². The van der Waals surface area contributed by atoms with Crippen molar-refractivity contribution in [3.05, 3.63) is 94.5 Å². The summed E-state index contributed by atoms with van der Waals surface area (Å²) >= 11 is 6.32. The summed E-state index contributed by atoms with van der Waals surface area (Å²) in [6, 6.07) is 21.9. The van der Waals surface area contributed by atoms with Gasteiger partial charge in [-0.3, -0.25) is 9.69 Å². The molecule has 0 atom stereocenters. The second-order valence-electron chi connectivity index (χ2n) is 7.12. The van der Waals surface area contributed by atoms with E-state index in [1.807, 2.05) is 42.5 Å². The first-order valence-electron chi connectivity index (χ1n) is 9.69. The minimum Gasteiger partial charge on any atom is -0.497 e. The quantitative estimate of drug-likeness (QED) is 0.635. The van der Waals surface area contributed by atoms with E-state index >= 15 is 0 Å². The lowest BCUT2D eigenvalue weighted by Gasteiger charge is -2.27. The molecule has 0 bridgehead atoms. The third-order valence-corrected chi connectivity index (χ3v) is 5.78. The van der Waals surface area contributed by atoms with Crippen LogP contribution in [0.5, 0.6) is 11.5 Å². The SMILES string of the molecule is COc1ccc(C2(c3ccc(OC)cc3)N=C(N)N(Cc3ccccc3Cl)C2=O)cc1. The number of aliphatic imine (C=N–C) groups is 1. The van der Waals surface area contributed by atoms with Gasteiger partial charge in [-0.1, -0.05) is 54.1 Å². The Balaban J connectivity index is 1.82. The fraction of sp³-hybridized carbons (Fsp3) is 0.167. The Hall–Kier alpha value is -3.51. The molecule has 158 valence electrons. The molecule has 0 saturated carbocycles. The van der Waals surface area contributed by atoms with Crippen LogP contribution in [0.2, 0.25) is 5.02 Å². The third kappa shape index (κ3) is 3.59. The first-order chi connectivity index (χ1) is 15.0. The fourth-order valence-corrected chi connectivity index (χ4v) is 3.93. The molecule has 3 aromatic rings. The summed E-state index contributed by atoms with van der Waals surface area (Å²) in [5.74, 6) is 1.25. The van der Waals surface area contributed by atoms with Crippen molar-refractivity contribution >= 4 is 23.5 Å². The van der Waals surface area contributed by atoms with Crippen molar-refractivity contribution < 1.29 is 14.3 Å². The maximum atomic E-state index is 13.9. The lowest BCUT2D eigenvalue weighted by atomic mass is 9.82. The van der Waals surface area contributed by atoms with Crippen molar-refractivity contribution in [3.63, 3.8) is 0 Å². The molecule has 4 rings (SSSR count). The Labute approximate surface area is 185 Å². The minimum absolute atomic E-state index is 0.136. The Bertz CT molecular complexity index is 1080. The fourth-order valence-electron chi connectivity index (χ4n) is 3.74. The van der Waals surface area contributed by atoms with Crippen LogP contribution in [0, 0.1) is 0 Å². The molecule has 1 aliphatic rings. The zero-order valence-electron chi connectivity index (χ0n) is 17.2. The van der Waals surface area contributed by atoms with Crippen molar-refractivity contribution in [1.29, 1.82) is 0 Å². The molecule has 1 amide bonds. The van der Waals surface area contributed by atoms with Crippen LogP contribution in [-0.4, -0.2) is 31.0 Å². The van der Waals surface area contributed by atoms with Crippen LogP contribution in [0.4, 0.5) is 0 Å². The second kappa shape index (κ2) is 8.32. The molecule has 0 aliphatic carbocycles. The predicted octanol–water partition coefficient (Wildman–Crippen LogP) is 3.96. The number of ether oxygens (including phenoxy) is 2. The van der Waals surface area contributed by atoms with Crippen molar-refractivity contribution in [2.24, 2.45) is 10.7 Å². The normalized spacial score (nSPS) is 15.0. The molecular formula is C24H22ClN3O3. The van der Waals surface area contributed by atoms with Crippen molar-refractivity contribution in [2.45, 2.75) is 12.1 Å². The zero-order chi connectivity index (χ0) is 22.0. The molecule has 0 saturated heterocycles. The lowest BCUT2D eigenvalue weighted by molar-refractivity contribution is -0.130. The van der Waals surface area contributed by atoms with E-state index < -0.39 is 5.54 Å². The van der Waals surface area contributed by atoms with Gasteiger partial charge in [-0.25, -0.2) is 4.99 Å². The number of methoxy groups -OCH3 is 2. The highest BCUT2D eigenvalue weighted by molar-refractivity contribution is 6.31. The number of nitrogens with two attached hydrogens (primary N) is 1. The monoisotopic (exact) mass is 435 g/mol. The summed E-state index contributed by atoms with van der Waals surface area (Å²) in [5, 5.41) is 0.564. The van der Waals surface area contributed by atoms with Crippen molar-refractivity contribution in [3.8, 4) is 11.5 Å². The van der Waals surface area contributed by atoms with E-state index in [0.29, 0.717) is 27.6 Å². The molecule has 0 radical (unpaired) electrons. The average Bonchev–Trinajstić information content (AvgIpc) is 3.06. The van der Waals surface area contributed by atoms with E-state index in [-0.39, 0.29) is 18.4 Å². The van der Waals surface area contributed by atoms with E-state index in [9.17, 15) is 4.79 Å². The summed E-state index contributed by atoms with van der Waals surface area (Å²) in [5.41, 5.74) is 7.14. The number of benzene rings is 3. The van der Waals surface area contributed by atoms with Gasteiger partial charge >= 0.3 is 0 Å². The zero-order valence-corrected chi connectivity index (χ0v) is 18.0. The summed E-state index contributed by atoms with van der Waals surface area (Å²) in [6.45, 7) is 0.224. The molecule has 7 heteroatoms. The van der Waals surface area contributed by atoms with E-state index in [1.165, 1.54) is 4.90 Å². The number of amides is 1. The largest absolute Gasteiger partial charge is 0.497 e. The molecule has 0 fully saturated rings. The first-order valence-corrected chi connectivity index (χ1v) is 10.1. The van der Waals surface area contributed by atoms with Gasteiger partial charge in [-0.2, -0.15) is 0 Å². The van der Waals surface area contributed by atoms with Crippen LogP contribution in [0.1, 0.15) is 16.7 Å². The Morgan fingerprint density at radius 1 is 0.903 bits per heavy atom. The van der Waals surface area contributed by atoms with Crippen LogP contribution in [0.25, 0.3) is 0 Å². The van der Waals surface area contributed by atoms with Crippen LogP contribution < -0.4 is 15.2 Å². The topological polar surface area (TPSA) is 77.2 Å². The van der Waals surface area contributed by atoms with Crippen LogP contribution in [-0.2, 0) is 16.9 Å². The number of carbonyl (C=O) groups excluding carboxylic acids is 1. The first kappa shape index (κ1) is 20.8. The molecule has 3 aromatic carbocycles. The standard InChI is InChI=1S/C24H22ClN3O3/c1-30-19-11-7-17(8-12-19)24(18-9-13-20(31-2)14-10-18)22(29)28(23(26)27-24)15-16-5-3-4-6-21(16)25/h3-14H,15H2,1-2H3,(H2,26,27). The number of rotatable bonds is 6. The molecular weight excluding hydrogens is 414 g/mol. The highest BCUT2D eigenvalue weighted by atomic mass is 35.5. The van der Waals surface area contributed by atoms with Gasteiger partial charge < -0.3 is 15.2 Å². The maximum absolute atomic E-state index is 13.9. The smallest absolute Gasteiger partial charge is 0.266 e. The van der Waals surface area contributed by atoms with Crippen molar-refractivity contribution in [1.82, 2.24) is 4.90 Å². The van der Waals surface area contributed by atoms with E-state index in [0.717, 1.165) is 5.56 Å². The molecule has 0 unspecified atom stereocenters. The number of carbonyl (C=O) groups is 1. The van der Waals surface area contributed by atoms with E-state index in [1.54, 1.807) is 44.6 Å². The van der Waals surface area contributed by atoms with E-state index in [4.69, 9.17) is 31.8 Å². The molecule has 6 nitrogen and oxygen atoms in total. The van der Waals surface area contributed by atoms with Gasteiger partial charge in [0.15, 0.2) is 11.5 Å². The van der Waals surface area contributed by atoms with Gasteiger partial charge in [0.25, 0.3) is 5.91 Å². The number of hydrogen-bond donors (Lipinski definition) is 1. The van der Waals surface area contributed by atoms with Gasteiger partial charge in [0, 0.05) is 5.02 Å². The van der Waals surface area contributed by atoms with Crippen LogP contribution >= 0.6 is 11.6 Å². The number of hydrogen-bond acceptors (Lipinski definition) is 5. The van der Waals surface area contributed by atoms with Gasteiger partial charge in [-0.05, 0) is 47.0 Å². The highest BCUT2D eigenvalue weighted by Crippen LogP contribution is 2.41. The molecule has 2 N–H and O–H groups in total. The Kier molecular flexibility index (Phi) is 5.57. The molecule has 31 heavy (non-hydrogen) atoms. The van der Waals surface area contributed by atoms with Gasteiger partial charge in [0.1, 0.15) is 11.5 Å². The average molecular weight is 436 g/mol. The lowest BCUT2D eigenvalue weighted by Crippen LogP contribution is -2.43. The van der Waals surface area contributed by atoms with Crippen LogP contribution in [0.3, 0.4) is 0 Å². The van der Waals surface area contributed by atoms with Crippen LogP contribution in [0.15, 0.2) is 77.8 Å². The van der Waals surface area contributed by atoms with Gasteiger partial charge in [0.05, 0.1) is 20.8 Å². The molecule has 1 heterocycles. The summed E-state index contributed by atoms with van der Waals surface area (Å²) in [4.78, 5) is 20.1. The second-order valence-corrected chi connectivity index (χ2v) is 7.53. The van der Waals surface area contributed by atoms with Crippen molar-refractivity contribution in [2.75, 3.05) is 14.2 Å². The number of nitrogens with zero attached hydrogens (tertiary/aromatic N) is 2. The minimum atomic E-state index is -1.32. The molecule has 0 spiro atoms. The maximum Gasteiger partial charge on any atom is 0.266 e. The van der Waals surface area contributed by atoms with Gasteiger partial charge in [0.2, 0.25) is 0 Å². The highest BCUT2D eigenvalue weighted by Gasteiger charge is 2.50. The molecule has 0 aromatic heterocycles. The third-order valence-electron chi connectivity index (χ3n) is 5.42. The Morgan fingerprint density at radius 3 is 1.90 bits per heavy atom. The summed E-state index contributed by atoms with van der Waals surface area (Å²) < 4.78 is 10.5. The molecule has 1 aliphatic heterocycles. The summed E-state index contributed by atoms with van der Waals surface area (Å²) in [7, 11) is 3.19.